The molecule has 3 N–H and O–H groups in total. The van der Waals surface area contributed by atoms with Gasteiger partial charge in [-0.2, -0.15) is 0 Å². The number of rotatable bonds is 14. The average molecular weight is 792 g/mol. The third kappa shape index (κ3) is 10.2. The van der Waals surface area contributed by atoms with Crippen molar-refractivity contribution in [3.05, 3.63) is 179 Å². The van der Waals surface area contributed by atoms with Crippen LogP contribution in [0, 0.1) is 5.92 Å². The lowest BCUT2D eigenvalue weighted by Crippen LogP contribution is -2.47. The van der Waals surface area contributed by atoms with Crippen LogP contribution < -0.4 is 10.6 Å². The van der Waals surface area contributed by atoms with Gasteiger partial charge in [0.1, 0.15) is 6.04 Å². The highest BCUT2D eigenvalue weighted by molar-refractivity contribution is 5.84. The van der Waals surface area contributed by atoms with Gasteiger partial charge in [-0.15, -0.1) is 0 Å². The molecule has 0 saturated carbocycles. The van der Waals surface area contributed by atoms with Crippen LogP contribution in [0.1, 0.15) is 65.7 Å². The van der Waals surface area contributed by atoms with E-state index in [0.29, 0.717) is 13.0 Å². The van der Waals surface area contributed by atoms with Gasteiger partial charge in [0.25, 0.3) is 0 Å². The summed E-state index contributed by atoms with van der Waals surface area (Å²) in [6, 6.07) is 47.8. The molecule has 7 rings (SSSR count). The Morgan fingerprint density at radius 3 is 2.17 bits per heavy atom. The van der Waals surface area contributed by atoms with Crippen LogP contribution in [0.4, 0.5) is 4.79 Å². The Morgan fingerprint density at radius 1 is 0.746 bits per heavy atom. The maximum Gasteiger partial charge on any atom is 0.328 e. The Balaban J connectivity index is 1.04. The molecule has 9 heteroatoms. The molecule has 59 heavy (non-hydrogen) atoms. The molecule has 9 nitrogen and oxygen atoms in total. The number of benzene rings is 6. The normalized spacial score (nSPS) is 18.9. The van der Waals surface area contributed by atoms with E-state index in [2.05, 4.69) is 103 Å². The third-order valence-electron chi connectivity index (χ3n) is 11.5. The average Bonchev–Trinajstić information content (AvgIpc) is 3.28. The number of hydrogen-bond donors (Lipinski definition) is 3. The van der Waals surface area contributed by atoms with Crippen molar-refractivity contribution >= 4 is 22.8 Å². The van der Waals surface area contributed by atoms with E-state index in [9.17, 15) is 14.7 Å². The molecular weight excluding hydrogens is 739 g/mol. The van der Waals surface area contributed by atoms with Gasteiger partial charge < -0.3 is 30.0 Å². The van der Waals surface area contributed by atoms with Crippen molar-refractivity contribution in [3.63, 3.8) is 0 Å². The number of fused-ring (bicyclic) bond motifs is 1. The van der Waals surface area contributed by atoms with Crippen LogP contribution in [0.2, 0.25) is 0 Å². The number of esters is 1. The van der Waals surface area contributed by atoms with Crippen molar-refractivity contribution in [1.29, 1.82) is 0 Å². The molecule has 0 radical (unpaired) electrons. The minimum Gasteiger partial charge on any atom is -0.467 e. The van der Waals surface area contributed by atoms with Crippen LogP contribution in [0.3, 0.4) is 0 Å². The van der Waals surface area contributed by atoms with Gasteiger partial charge in [0, 0.05) is 37.0 Å². The predicted octanol–water partition coefficient (Wildman–Crippen LogP) is 9.07. The molecule has 1 fully saturated rings. The van der Waals surface area contributed by atoms with Gasteiger partial charge in [-0.1, -0.05) is 140 Å². The summed E-state index contributed by atoms with van der Waals surface area (Å²) in [5.74, 6) is -0.458. The molecule has 304 valence electrons. The Labute approximate surface area is 346 Å². The molecule has 6 aromatic rings. The van der Waals surface area contributed by atoms with Crippen molar-refractivity contribution in [3.8, 4) is 11.1 Å². The van der Waals surface area contributed by atoms with E-state index in [1.54, 1.807) is 0 Å². The maximum absolute atomic E-state index is 12.9. The number of aliphatic hydroxyl groups is 1. The van der Waals surface area contributed by atoms with E-state index < -0.39 is 24.3 Å². The Hall–Kier alpha value is -5.84. The van der Waals surface area contributed by atoms with Crippen molar-refractivity contribution in [2.45, 2.75) is 64.0 Å². The van der Waals surface area contributed by atoms with Gasteiger partial charge in [0.2, 0.25) is 0 Å². The van der Waals surface area contributed by atoms with Gasteiger partial charge in [-0.25, -0.2) is 9.59 Å². The van der Waals surface area contributed by atoms with Crippen LogP contribution in [0.25, 0.3) is 21.9 Å². The molecule has 0 spiro atoms. The smallest absolute Gasteiger partial charge is 0.328 e. The monoisotopic (exact) mass is 791 g/mol. The second-order valence-electron chi connectivity index (χ2n) is 15.5. The van der Waals surface area contributed by atoms with E-state index in [0.717, 1.165) is 38.9 Å². The fourth-order valence-electron chi connectivity index (χ4n) is 7.76. The first-order valence-electron chi connectivity index (χ1n) is 20.2. The van der Waals surface area contributed by atoms with Crippen LogP contribution >= 0.6 is 0 Å². The number of amides is 2. The molecule has 6 atom stereocenters. The standard InChI is InChI=1S/C50H53N3O6/c1-33-46(31-53(3)34(2)42-26-23-38-14-8-9-15-44(38)29-42)58-49(59-47(33)40-19-17-36(32-54)18-20-40)41-24-21-39(22-25-41)43-16-10-13-37(27-43)30-51-50(56)52-45(48(55)57-4)28-35-11-6-5-7-12-35/h5-27,29,33-34,45-47,49,54H,28,30-32H2,1-4H3,(H2,51,52,56)/t33-,34+,45-,46+,47+,49+/m0/s1. The van der Waals surface area contributed by atoms with Crippen LogP contribution in [0.5, 0.6) is 0 Å². The molecule has 6 aromatic carbocycles. The summed E-state index contributed by atoms with van der Waals surface area (Å²) < 4.78 is 18.5. The predicted molar refractivity (Wildman–Crippen MR) is 231 cm³/mol. The largest absolute Gasteiger partial charge is 0.467 e. The number of methoxy groups -OCH3 is 1. The number of ether oxygens (including phenoxy) is 3. The highest BCUT2D eigenvalue weighted by Gasteiger charge is 2.39. The number of likely N-dealkylation sites (N-methyl/N-ethyl adjacent to an activating group) is 1. The lowest BCUT2D eigenvalue weighted by Gasteiger charge is -2.43. The molecule has 0 aliphatic carbocycles. The minimum absolute atomic E-state index is 0.0130. The summed E-state index contributed by atoms with van der Waals surface area (Å²) in [5.41, 5.74) is 7.90. The summed E-state index contributed by atoms with van der Waals surface area (Å²) >= 11 is 0. The summed E-state index contributed by atoms with van der Waals surface area (Å²) in [4.78, 5) is 27.7. The summed E-state index contributed by atoms with van der Waals surface area (Å²) in [6.07, 6.45) is -0.629. The van der Waals surface area contributed by atoms with E-state index in [-0.39, 0.29) is 37.3 Å². The second kappa shape index (κ2) is 19.3. The highest BCUT2D eigenvalue weighted by atomic mass is 16.7. The van der Waals surface area contributed by atoms with Gasteiger partial charge in [0.15, 0.2) is 6.29 Å². The molecule has 0 aromatic heterocycles. The van der Waals surface area contributed by atoms with Gasteiger partial charge >= 0.3 is 12.0 Å². The summed E-state index contributed by atoms with van der Waals surface area (Å²) in [5, 5.41) is 17.8. The van der Waals surface area contributed by atoms with Crippen molar-refractivity contribution in [2.24, 2.45) is 5.92 Å². The van der Waals surface area contributed by atoms with Crippen LogP contribution in [-0.4, -0.2) is 54.9 Å². The first kappa shape index (κ1) is 41.3. The second-order valence-corrected chi connectivity index (χ2v) is 15.5. The van der Waals surface area contributed by atoms with Crippen molar-refractivity contribution < 1.29 is 28.9 Å². The third-order valence-corrected chi connectivity index (χ3v) is 11.5. The quantitative estimate of drug-likeness (QED) is 0.0945. The molecule has 1 aliphatic rings. The Bertz CT molecular complexity index is 2320. The topological polar surface area (TPSA) is 109 Å². The molecule has 2 amide bonds. The summed E-state index contributed by atoms with van der Waals surface area (Å²) in [6.45, 7) is 5.39. The van der Waals surface area contributed by atoms with E-state index in [4.69, 9.17) is 14.2 Å². The SMILES string of the molecule is COC(=O)[C@H](Cc1ccccc1)NC(=O)NCc1cccc(-c2ccc([C@@H]3O[C@H](CN(C)[C@H](C)c4ccc5ccccc5c4)[C@H](C)[C@H](c4ccc(CO)cc4)O3)cc2)c1. The number of carbonyl (C=O) groups is 2. The fraction of sp³-hybridized carbons (Fsp3) is 0.280. The zero-order valence-corrected chi connectivity index (χ0v) is 34.1. The number of nitrogens with one attached hydrogen (secondary N) is 2. The maximum atomic E-state index is 12.9. The molecule has 0 unspecified atom stereocenters. The van der Waals surface area contributed by atoms with E-state index in [1.165, 1.54) is 23.4 Å². The first-order valence-corrected chi connectivity index (χ1v) is 20.2. The minimum atomic E-state index is -0.815. The number of hydrogen-bond acceptors (Lipinski definition) is 7. The number of carbonyl (C=O) groups excluding carboxylic acids is 2. The Kier molecular flexibility index (Phi) is 13.5. The summed E-state index contributed by atoms with van der Waals surface area (Å²) in [7, 11) is 3.47. The van der Waals surface area contributed by atoms with Gasteiger partial charge in [-0.3, -0.25) is 4.90 Å². The van der Waals surface area contributed by atoms with Gasteiger partial charge in [-0.05, 0) is 75.8 Å². The number of urea groups is 1. The zero-order chi connectivity index (χ0) is 41.3. The number of aliphatic hydroxyl groups excluding tert-OH is 1. The number of nitrogens with zero attached hydrogens (tertiary/aromatic N) is 1. The van der Waals surface area contributed by atoms with Crippen molar-refractivity contribution in [2.75, 3.05) is 20.7 Å². The van der Waals surface area contributed by atoms with Crippen molar-refractivity contribution in [1.82, 2.24) is 15.5 Å². The lowest BCUT2D eigenvalue weighted by atomic mass is 9.89. The van der Waals surface area contributed by atoms with E-state index in [1.807, 2.05) is 78.9 Å². The lowest BCUT2D eigenvalue weighted by molar-refractivity contribution is -0.276. The molecule has 1 saturated heterocycles. The zero-order valence-electron chi connectivity index (χ0n) is 34.1. The molecule has 1 heterocycles. The highest BCUT2D eigenvalue weighted by Crippen LogP contribution is 2.42. The first-order chi connectivity index (χ1) is 28.7. The van der Waals surface area contributed by atoms with Crippen LogP contribution in [-0.2, 0) is 38.6 Å². The van der Waals surface area contributed by atoms with Crippen LogP contribution in [0.15, 0.2) is 146 Å². The Morgan fingerprint density at radius 2 is 1.44 bits per heavy atom. The van der Waals surface area contributed by atoms with E-state index >= 15 is 0 Å². The molecule has 1 aliphatic heterocycles. The molecule has 0 bridgehead atoms. The molecular formula is C50H53N3O6. The van der Waals surface area contributed by atoms with Gasteiger partial charge in [0.05, 0.1) is 25.9 Å². The fourth-order valence-corrected chi connectivity index (χ4v) is 7.76.